The Morgan fingerprint density at radius 1 is 0.903 bits per heavy atom. The molecule has 1 saturated carbocycles. The summed E-state index contributed by atoms with van der Waals surface area (Å²) in [7, 11) is -0.951. The molecule has 1 N–H and O–H groups in total. The fourth-order valence-corrected chi connectivity index (χ4v) is 5.56. The van der Waals surface area contributed by atoms with Crippen LogP contribution in [0, 0.1) is 0 Å². The van der Waals surface area contributed by atoms with Crippen LogP contribution in [0.5, 0.6) is 0 Å². The van der Waals surface area contributed by atoms with E-state index in [0.717, 1.165) is 12.8 Å². The molecule has 0 spiro atoms. The van der Waals surface area contributed by atoms with Crippen molar-refractivity contribution in [3.8, 4) is 0 Å². The number of rotatable bonds is 4. The predicted molar refractivity (Wildman–Crippen MR) is 123 cm³/mol. The molecular weight excluding hydrogens is 438 g/mol. The van der Waals surface area contributed by atoms with Crippen molar-refractivity contribution < 1.29 is 8.42 Å². The number of fused-ring (bicyclic) bond motifs is 1. The summed E-state index contributed by atoms with van der Waals surface area (Å²) in [4.78, 5) is 24.3. The van der Waals surface area contributed by atoms with E-state index in [2.05, 4.69) is 4.72 Å². The van der Waals surface area contributed by atoms with Crippen molar-refractivity contribution in [2.75, 3.05) is 4.72 Å². The minimum atomic E-state index is -3.88. The number of aromatic nitrogens is 2. The Bertz CT molecular complexity index is 1370. The molecule has 7 nitrogen and oxygen atoms in total. The van der Waals surface area contributed by atoms with E-state index in [1.165, 1.54) is 60.2 Å². The first kappa shape index (κ1) is 21.6. The molecule has 1 aliphatic rings. The second-order valence-corrected chi connectivity index (χ2v) is 10.1. The van der Waals surface area contributed by atoms with Crippen molar-refractivity contribution in [3.05, 3.63) is 67.7 Å². The lowest BCUT2D eigenvalue weighted by molar-refractivity contribution is 0.443. The number of hydrogen-bond donors (Lipinski definition) is 1. The van der Waals surface area contributed by atoms with Crippen molar-refractivity contribution in [2.24, 2.45) is 14.1 Å². The number of nitrogens with zero attached hydrogens (tertiary/aromatic N) is 2. The smallest absolute Gasteiger partial charge is 0.305 e. The molecule has 4 rings (SSSR count). The first-order valence-corrected chi connectivity index (χ1v) is 12.1. The second-order valence-electron chi connectivity index (χ2n) is 8.06. The lowest BCUT2D eigenvalue weighted by atomic mass is 9.84. The molecule has 31 heavy (non-hydrogen) atoms. The van der Waals surface area contributed by atoms with Crippen molar-refractivity contribution in [2.45, 2.75) is 42.9 Å². The van der Waals surface area contributed by atoms with Gasteiger partial charge in [-0.15, -0.1) is 0 Å². The van der Waals surface area contributed by atoms with Gasteiger partial charge in [-0.05, 0) is 48.6 Å². The van der Waals surface area contributed by atoms with E-state index in [1.807, 2.05) is 12.1 Å². The fourth-order valence-electron chi connectivity index (χ4n) is 4.23. The van der Waals surface area contributed by atoms with E-state index in [-0.39, 0.29) is 15.6 Å². The zero-order valence-corrected chi connectivity index (χ0v) is 19.0. The van der Waals surface area contributed by atoms with E-state index in [0.29, 0.717) is 17.0 Å². The summed E-state index contributed by atoms with van der Waals surface area (Å²) >= 11 is 6.31. The van der Waals surface area contributed by atoms with Gasteiger partial charge in [-0.1, -0.05) is 43.0 Å². The van der Waals surface area contributed by atoms with Gasteiger partial charge in [0.1, 0.15) is 0 Å². The normalized spacial score (nSPS) is 15.3. The summed E-state index contributed by atoms with van der Waals surface area (Å²) in [6.45, 7) is 0. The molecule has 1 aliphatic carbocycles. The summed E-state index contributed by atoms with van der Waals surface area (Å²) in [5.41, 5.74) is 0.734. The highest BCUT2D eigenvalue weighted by molar-refractivity contribution is 7.92. The second kappa shape index (κ2) is 8.16. The zero-order valence-electron chi connectivity index (χ0n) is 17.4. The SMILES string of the molecule is Cn1c(=O)c(=O)n(C)c2cc(NS(=O)(=O)c3ccc(C4CCCCC4)cc3)c(Cl)cc21. The number of nitrogens with one attached hydrogen (secondary N) is 1. The van der Waals surface area contributed by atoms with Gasteiger partial charge in [0.25, 0.3) is 10.0 Å². The van der Waals surface area contributed by atoms with Crippen molar-refractivity contribution in [1.82, 2.24) is 9.13 Å². The third-order valence-electron chi connectivity index (χ3n) is 6.09. The topological polar surface area (TPSA) is 90.2 Å². The number of aryl methyl sites for hydroxylation is 2. The van der Waals surface area contributed by atoms with Crippen LogP contribution in [-0.4, -0.2) is 17.6 Å². The fraction of sp³-hybridized carbons (Fsp3) is 0.364. The predicted octanol–water partition coefficient (Wildman–Crippen LogP) is 3.74. The highest BCUT2D eigenvalue weighted by Gasteiger charge is 2.20. The maximum Gasteiger partial charge on any atom is 0.316 e. The highest BCUT2D eigenvalue weighted by Crippen LogP contribution is 2.33. The standard InChI is InChI=1S/C22H24ClN3O4S/c1-25-19-12-17(23)18(13-20(19)26(2)22(28)21(25)27)24-31(29,30)16-10-8-15(9-11-16)14-6-4-3-5-7-14/h8-14,24H,3-7H2,1-2H3. The van der Waals surface area contributed by atoms with Crippen LogP contribution in [0.15, 0.2) is 50.9 Å². The quantitative estimate of drug-likeness (QED) is 0.599. The molecule has 0 atom stereocenters. The molecule has 0 saturated heterocycles. The average molecular weight is 462 g/mol. The van der Waals surface area contributed by atoms with E-state index in [1.54, 1.807) is 12.1 Å². The Kier molecular flexibility index (Phi) is 5.70. The first-order chi connectivity index (χ1) is 14.7. The third-order valence-corrected chi connectivity index (χ3v) is 7.78. The summed E-state index contributed by atoms with van der Waals surface area (Å²) in [6, 6.07) is 9.92. The molecule has 0 aliphatic heterocycles. The van der Waals surface area contributed by atoms with Crippen LogP contribution < -0.4 is 15.8 Å². The summed E-state index contributed by atoms with van der Waals surface area (Å²) in [5, 5.41) is 0.128. The number of benzene rings is 2. The Balaban J connectivity index is 1.68. The van der Waals surface area contributed by atoms with Gasteiger partial charge in [0, 0.05) is 14.1 Å². The minimum absolute atomic E-state index is 0.128. The van der Waals surface area contributed by atoms with Crippen molar-refractivity contribution in [3.63, 3.8) is 0 Å². The number of halogens is 1. The molecule has 9 heteroatoms. The molecule has 0 bridgehead atoms. The lowest BCUT2D eigenvalue weighted by Crippen LogP contribution is -2.39. The molecule has 0 radical (unpaired) electrons. The van der Waals surface area contributed by atoms with Gasteiger partial charge in [0.15, 0.2) is 0 Å². The monoisotopic (exact) mass is 461 g/mol. The molecule has 164 valence electrons. The van der Waals surface area contributed by atoms with Gasteiger partial charge >= 0.3 is 11.1 Å². The number of hydrogen-bond acceptors (Lipinski definition) is 4. The van der Waals surface area contributed by atoms with Gasteiger partial charge in [-0.25, -0.2) is 8.42 Å². The Morgan fingerprint density at radius 3 is 2.03 bits per heavy atom. The number of sulfonamides is 1. The van der Waals surface area contributed by atoms with Crippen LogP contribution in [0.1, 0.15) is 43.6 Å². The molecule has 1 fully saturated rings. The van der Waals surface area contributed by atoms with E-state index < -0.39 is 21.1 Å². The Morgan fingerprint density at radius 2 is 1.45 bits per heavy atom. The first-order valence-electron chi connectivity index (χ1n) is 10.2. The molecule has 0 unspecified atom stereocenters. The van der Waals surface area contributed by atoms with Crippen LogP contribution in [0.2, 0.25) is 5.02 Å². The van der Waals surface area contributed by atoms with Crippen LogP contribution in [0.3, 0.4) is 0 Å². The molecule has 2 aromatic carbocycles. The van der Waals surface area contributed by atoms with Crippen LogP contribution in [0.25, 0.3) is 11.0 Å². The summed E-state index contributed by atoms with van der Waals surface area (Å²) in [6.07, 6.45) is 5.96. The van der Waals surface area contributed by atoms with E-state index >= 15 is 0 Å². The molecule has 1 heterocycles. The van der Waals surface area contributed by atoms with E-state index in [4.69, 9.17) is 11.6 Å². The van der Waals surface area contributed by atoms with Gasteiger partial charge in [-0.3, -0.25) is 14.3 Å². The third kappa shape index (κ3) is 4.02. The van der Waals surface area contributed by atoms with Gasteiger partial charge < -0.3 is 9.13 Å². The molecule has 1 aromatic heterocycles. The van der Waals surface area contributed by atoms with Crippen LogP contribution in [0.4, 0.5) is 5.69 Å². The molecular formula is C22H24ClN3O4S. The Labute approximate surface area is 185 Å². The maximum atomic E-state index is 13.0. The minimum Gasteiger partial charge on any atom is -0.305 e. The zero-order chi connectivity index (χ0) is 22.3. The van der Waals surface area contributed by atoms with Crippen LogP contribution >= 0.6 is 11.6 Å². The van der Waals surface area contributed by atoms with Gasteiger partial charge in [0.05, 0.1) is 26.6 Å². The van der Waals surface area contributed by atoms with Crippen LogP contribution in [-0.2, 0) is 24.1 Å². The summed E-state index contributed by atoms with van der Waals surface area (Å²) in [5.74, 6) is 0.487. The van der Waals surface area contributed by atoms with Crippen molar-refractivity contribution >= 4 is 38.3 Å². The summed E-state index contributed by atoms with van der Waals surface area (Å²) < 4.78 is 30.8. The maximum absolute atomic E-state index is 13.0. The van der Waals surface area contributed by atoms with Gasteiger partial charge in [-0.2, -0.15) is 0 Å². The molecule has 3 aromatic rings. The van der Waals surface area contributed by atoms with E-state index in [9.17, 15) is 18.0 Å². The van der Waals surface area contributed by atoms with Gasteiger partial charge in [0.2, 0.25) is 0 Å². The average Bonchev–Trinajstić information content (AvgIpc) is 2.78. The molecule has 0 amide bonds. The van der Waals surface area contributed by atoms with Crippen molar-refractivity contribution in [1.29, 1.82) is 0 Å². The number of anilines is 1. The lowest BCUT2D eigenvalue weighted by Gasteiger charge is -2.22. The highest BCUT2D eigenvalue weighted by atomic mass is 35.5. The largest absolute Gasteiger partial charge is 0.316 e. The Hall–Kier alpha value is -2.58.